The molecule has 2 N–H and O–H groups in total. The standard InChI is InChI=1S/C16H22N6O3/c1-5-24-12-7-6-11(8-13(12)23-4)9-18-25-10-14-19-15(17)21-16(20-14)22(2)3/h6-9H,5,10H2,1-4H3,(H2,17,19,20,21). The smallest absolute Gasteiger partial charge is 0.230 e. The molecular formula is C16H22N6O3. The Balaban J connectivity index is 2.00. The van der Waals surface area contributed by atoms with Crippen molar-refractivity contribution in [1.29, 1.82) is 0 Å². The summed E-state index contributed by atoms with van der Waals surface area (Å²) in [5.74, 6) is 2.31. The van der Waals surface area contributed by atoms with E-state index in [2.05, 4.69) is 20.1 Å². The maximum absolute atomic E-state index is 5.65. The van der Waals surface area contributed by atoms with Gasteiger partial charge >= 0.3 is 0 Å². The molecule has 0 amide bonds. The van der Waals surface area contributed by atoms with E-state index in [0.29, 0.717) is 29.9 Å². The average Bonchev–Trinajstić information content (AvgIpc) is 2.59. The first kappa shape index (κ1) is 18.2. The van der Waals surface area contributed by atoms with Crippen LogP contribution in [0.1, 0.15) is 18.3 Å². The third kappa shape index (κ3) is 5.20. The van der Waals surface area contributed by atoms with Crippen LogP contribution < -0.4 is 20.1 Å². The van der Waals surface area contributed by atoms with Gasteiger partial charge in [-0.2, -0.15) is 15.0 Å². The van der Waals surface area contributed by atoms with Crippen LogP contribution in [0.4, 0.5) is 11.9 Å². The lowest BCUT2D eigenvalue weighted by Crippen LogP contribution is -2.16. The summed E-state index contributed by atoms with van der Waals surface area (Å²) in [6.07, 6.45) is 1.57. The van der Waals surface area contributed by atoms with Crippen molar-refractivity contribution in [3.63, 3.8) is 0 Å². The summed E-state index contributed by atoms with van der Waals surface area (Å²) in [7, 11) is 5.22. The third-order valence-corrected chi connectivity index (χ3v) is 3.04. The van der Waals surface area contributed by atoms with Crippen LogP contribution in [0, 0.1) is 0 Å². The van der Waals surface area contributed by atoms with Gasteiger partial charge in [0.25, 0.3) is 0 Å². The molecule has 2 rings (SSSR count). The first-order chi connectivity index (χ1) is 12.0. The highest BCUT2D eigenvalue weighted by molar-refractivity contribution is 5.80. The highest BCUT2D eigenvalue weighted by Crippen LogP contribution is 2.27. The van der Waals surface area contributed by atoms with Crippen molar-refractivity contribution in [3.8, 4) is 11.5 Å². The number of aromatic nitrogens is 3. The van der Waals surface area contributed by atoms with Crippen molar-refractivity contribution < 1.29 is 14.3 Å². The van der Waals surface area contributed by atoms with Crippen LogP contribution in [0.25, 0.3) is 0 Å². The van der Waals surface area contributed by atoms with Crippen LogP contribution in [0.5, 0.6) is 11.5 Å². The quantitative estimate of drug-likeness (QED) is 0.565. The van der Waals surface area contributed by atoms with Crippen molar-refractivity contribution in [2.75, 3.05) is 38.4 Å². The molecule has 2 aromatic rings. The maximum atomic E-state index is 5.65. The van der Waals surface area contributed by atoms with Gasteiger partial charge in [0.05, 0.1) is 19.9 Å². The van der Waals surface area contributed by atoms with Crippen molar-refractivity contribution in [1.82, 2.24) is 15.0 Å². The Labute approximate surface area is 146 Å². The normalized spacial score (nSPS) is 10.7. The van der Waals surface area contributed by atoms with Gasteiger partial charge in [0.15, 0.2) is 23.9 Å². The topological polar surface area (TPSA) is 108 Å². The lowest BCUT2D eigenvalue weighted by atomic mass is 10.2. The number of ether oxygens (including phenoxy) is 2. The molecule has 0 unspecified atom stereocenters. The first-order valence-corrected chi connectivity index (χ1v) is 7.67. The van der Waals surface area contributed by atoms with Crippen LogP contribution in [0.2, 0.25) is 0 Å². The largest absolute Gasteiger partial charge is 0.493 e. The molecule has 134 valence electrons. The lowest BCUT2D eigenvalue weighted by molar-refractivity contribution is 0.126. The Hall–Kier alpha value is -3.10. The molecule has 0 spiro atoms. The molecule has 0 aliphatic carbocycles. The van der Waals surface area contributed by atoms with Gasteiger partial charge in [-0.05, 0) is 25.1 Å². The molecule has 1 aromatic carbocycles. The maximum Gasteiger partial charge on any atom is 0.230 e. The number of oxime groups is 1. The number of nitrogens with zero attached hydrogens (tertiary/aromatic N) is 5. The highest BCUT2D eigenvalue weighted by atomic mass is 16.6. The van der Waals surface area contributed by atoms with Gasteiger partial charge in [0.1, 0.15) is 0 Å². The molecule has 0 saturated carbocycles. The van der Waals surface area contributed by atoms with Crippen molar-refractivity contribution in [2.24, 2.45) is 5.16 Å². The van der Waals surface area contributed by atoms with E-state index in [9.17, 15) is 0 Å². The van der Waals surface area contributed by atoms with E-state index in [1.165, 1.54) is 0 Å². The summed E-state index contributed by atoms with van der Waals surface area (Å²) in [5.41, 5.74) is 6.46. The summed E-state index contributed by atoms with van der Waals surface area (Å²) in [4.78, 5) is 19.2. The summed E-state index contributed by atoms with van der Waals surface area (Å²) in [5, 5.41) is 3.92. The van der Waals surface area contributed by atoms with E-state index in [-0.39, 0.29) is 12.6 Å². The molecule has 1 heterocycles. The number of anilines is 2. The second-order valence-corrected chi connectivity index (χ2v) is 5.16. The van der Waals surface area contributed by atoms with Gasteiger partial charge in [-0.3, -0.25) is 0 Å². The fraction of sp³-hybridized carbons (Fsp3) is 0.375. The van der Waals surface area contributed by atoms with Gasteiger partial charge in [-0.25, -0.2) is 0 Å². The molecule has 0 fully saturated rings. The molecule has 0 atom stereocenters. The van der Waals surface area contributed by atoms with E-state index >= 15 is 0 Å². The van der Waals surface area contributed by atoms with Crippen molar-refractivity contribution in [2.45, 2.75) is 13.5 Å². The summed E-state index contributed by atoms with van der Waals surface area (Å²) in [6.45, 7) is 2.56. The van der Waals surface area contributed by atoms with Crippen LogP contribution in [0.3, 0.4) is 0 Å². The number of nitrogens with two attached hydrogens (primary N) is 1. The predicted octanol–water partition coefficient (Wildman–Crippen LogP) is 1.48. The molecule has 25 heavy (non-hydrogen) atoms. The van der Waals surface area contributed by atoms with Crippen LogP contribution in [-0.4, -0.2) is 49.0 Å². The molecular weight excluding hydrogens is 324 g/mol. The van der Waals surface area contributed by atoms with Gasteiger partial charge < -0.3 is 24.9 Å². The monoisotopic (exact) mass is 346 g/mol. The van der Waals surface area contributed by atoms with Crippen LogP contribution in [0.15, 0.2) is 23.4 Å². The Morgan fingerprint density at radius 1 is 1.20 bits per heavy atom. The fourth-order valence-electron chi connectivity index (χ4n) is 1.92. The molecule has 0 bridgehead atoms. The summed E-state index contributed by atoms with van der Waals surface area (Å²) in [6, 6.07) is 5.48. The molecule has 1 aromatic heterocycles. The molecule has 0 aliphatic rings. The van der Waals surface area contributed by atoms with Crippen LogP contribution >= 0.6 is 0 Å². The second-order valence-electron chi connectivity index (χ2n) is 5.16. The molecule has 0 saturated heterocycles. The van der Waals surface area contributed by atoms with Gasteiger partial charge in [0.2, 0.25) is 11.9 Å². The minimum Gasteiger partial charge on any atom is -0.493 e. The summed E-state index contributed by atoms with van der Waals surface area (Å²) >= 11 is 0. The zero-order valence-electron chi connectivity index (χ0n) is 14.8. The predicted molar refractivity (Wildman–Crippen MR) is 95.1 cm³/mol. The van der Waals surface area contributed by atoms with Crippen LogP contribution in [-0.2, 0) is 11.4 Å². The lowest BCUT2D eigenvalue weighted by Gasteiger charge is -2.10. The Bertz CT molecular complexity index is 736. The Morgan fingerprint density at radius 3 is 2.68 bits per heavy atom. The number of methoxy groups -OCH3 is 1. The number of hydrogen-bond donors (Lipinski definition) is 1. The Morgan fingerprint density at radius 2 is 2.00 bits per heavy atom. The van der Waals surface area contributed by atoms with Crippen molar-refractivity contribution in [3.05, 3.63) is 29.6 Å². The number of nitrogen functional groups attached to an aromatic ring is 1. The molecule has 9 heteroatoms. The SMILES string of the molecule is CCOc1ccc(C=NOCc2nc(N)nc(N(C)C)n2)cc1OC. The highest BCUT2D eigenvalue weighted by Gasteiger charge is 2.07. The van der Waals surface area contributed by atoms with Gasteiger partial charge in [-0.15, -0.1) is 0 Å². The van der Waals surface area contributed by atoms with Crippen molar-refractivity contribution >= 4 is 18.1 Å². The van der Waals surface area contributed by atoms with E-state index in [1.54, 1.807) is 18.2 Å². The average molecular weight is 346 g/mol. The zero-order chi connectivity index (χ0) is 18.2. The molecule has 9 nitrogen and oxygen atoms in total. The third-order valence-electron chi connectivity index (χ3n) is 3.04. The molecule has 0 radical (unpaired) electrons. The minimum atomic E-state index is 0.0816. The number of benzene rings is 1. The number of hydrogen-bond acceptors (Lipinski definition) is 9. The number of rotatable bonds is 8. The zero-order valence-corrected chi connectivity index (χ0v) is 14.8. The summed E-state index contributed by atoms with van der Waals surface area (Å²) < 4.78 is 10.8. The van der Waals surface area contributed by atoms with Gasteiger partial charge in [-0.1, -0.05) is 5.16 Å². The van der Waals surface area contributed by atoms with Gasteiger partial charge in [0, 0.05) is 19.7 Å². The van der Waals surface area contributed by atoms with E-state index in [1.807, 2.05) is 39.2 Å². The second kappa shape index (κ2) is 8.67. The van der Waals surface area contributed by atoms with E-state index < -0.39 is 0 Å². The fourth-order valence-corrected chi connectivity index (χ4v) is 1.92. The minimum absolute atomic E-state index is 0.0816. The molecule has 0 aliphatic heterocycles. The first-order valence-electron chi connectivity index (χ1n) is 7.67. The van der Waals surface area contributed by atoms with E-state index in [0.717, 1.165) is 5.56 Å². The Kier molecular flexibility index (Phi) is 6.33. The van der Waals surface area contributed by atoms with E-state index in [4.69, 9.17) is 20.0 Å².